The Morgan fingerprint density at radius 3 is 2.47 bits per heavy atom. The third-order valence-electron chi connectivity index (χ3n) is 6.20. The van der Waals surface area contributed by atoms with E-state index in [9.17, 15) is 4.79 Å². The van der Waals surface area contributed by atoms with Crippen LogP contribution in [0.3, 0.4) is 0 Å². The number of rotatable bonds is 7. The molecule has 0 radical (unpaired) electrons. The van der Waals surface area contributed by atoms with Crippen LogP contribution >= 0.6 is 0 Å². The molecule has 3 aromatic rings. The van der Waals surface area contributed by atoms with E-state index in [0.29, 0.717) is 19.8 Å². The summed E-state index contributed by atoms with van der Waals surface area (Å²) in [5.41, 5.74) is 4.43. The fraction of sp³-hybridized carbons (Fsp3) is 0.385. The SMILES string of the molecule is CC[C@@H](C)N(Cc1c(-c2ccccc2)noc1N1CCOCC1)C(=O)c1ccccc1C. The molecule has 4 rings (SSSR count). The standard InChI is InChI=1S/C26H31N3O3/c1-4-20(3)29(25(30)22-13-9-8-10-19(22)2)18-23-24(21-11-6-5-7-12-21)27-32-26(23)28-14-16-31-17-15-28/h5-13,20H,4,14-18H2,1-3H3/t20-/m1/s1. The van der Waals surface area contributed by atoms with Crippen LogP contribution in [0.5, 0.6) is 0 Å². The van der Waals surface area contributed by atoms with E-state index in [1.54, 1.807) is 0 Å². The van der Waals surface area contributed by atoms with Crippen LogP contribution in [0.1, 0.15) is 41.8 Å². The van der Waals surface area contributed by atoms with E-state index in [-0.39, 0.29) is 11.9 Å². The van der Waals surface area contributed by atoms with Crippen molar-refractivity contribution in [2.45, 2.75) is 39.8 Å². The van der Waals surface area contributed by atoms with Crippen LogP contribution in [-0.4, -0.2) is 48.3 Å². The molecule has 1 atom stereocenters. The smallest absolute Gasteiger partial charge is 0.254 e. The van der Waals surface area contributed by atoms with Gasteiger partial charge >= 0.3 is 0 Å². The maximum Gasteiger partial charge on any atom is 0.254 e. The molecule has 168 valence electrons. The molecule has 0 N–H and O–H groups in total. The van der Waals surface area contributed by atoms with Gasteiger partial charge in [-0.15, -0.1) is 0 Å². The summed E-state index contributed by atoms with van der Waals surface area (Å²) in [6.07, 6.45) is 0.858. The molecule has 6 nitrogen and oxygen atoms in total. The van der Waals surface area contributed by atoms with Gasteiger partial charge in [0, 0.05) is 30.3 Å². The Morgan fingerprint density at radius 2 is 1.78 bits per heavy atom. The van der Waals surface area contributed by atoms with Crippen molar-refractivity contribution in [3.63, 3.8) is 0 Å². The van der Waals surface area contributed by atoms with Gasteiger partial charge in [-0.25, -0.2) is 0 Å². The minimum absolute atomic E-state index is 0.0330. The first-order valence-electron chi connectivity index (χ1n) is 11.3. The van der Waals surface area contributed by atoms with Crippen molar-refractivity contribution in [3.8, 4) is 11.3 Å². The number of benzene rings is 2. The van der Waals surface area contributed by atoms with Crippen LogP contribution in [0, 0.1) is 6.92 Å². The second-order valence-electron chi connectivity index (χ2n) is 8.29. The molecular weight excluding hydrogens is 402 g/mol. The van der Waals surface area contributed by atoms with Gasteiger partial charge in [-0.2, -0.15) is 0 Å². The number of hydrogen-bond acceptors (Lipinski definition) is 5. The Balaban J connectivity index is 1.76. The van der Waals surface area contributed by atoms with Crippen LogP contribution in [0.25, 0.3) is 11.3 Å². The van der Waals surface area contributed by atoms with Crippen molar-refractivity contribution in [2.75, 3.05) is 31.2 Å². The minimum Gasteiger partial charge on any atom is -0.378 e. The molecule has 2 aromatic carbocycles. The second kappa shape index (κ2) is 10.0. The van der Waals surface area contributed by atoms with E-state index >= 15 is 0 Å². The van der Waals surface area contributed by atoms with Gasteiger partial charge in [0.25, 0.3) is 5.91 Å². The molecule has 32 heavy (non-hydrogen) atoms. The summed E-state index contributed by atoms with van der Waals surface area (Å²) in [5, 5.41) is 4.45. The van der Waals surface area contributed by atoms with Crippen LogP contribution in [0.4, 0.5) is 5.88 Å². The van der Waals surface area contributed by atoms with Gasteiger partial charge in [0.2, 0.25) is 5.88 Å². The van der Waals surface area contributed by atoms with Crippen molar-refractivity contribution in [3.05, 3.63) is 71.3 Å². The Kier molecular flexibility index (Phi) is 6.90. The number of aromatic nitrogens is 1. The van der Waals surface area contributed by atoms with E-state index in [1.165, 1.54) is 0 Å². The van der Waals surface area contributed by atoms with E-state index in [4.69, 9.17) is 9.26 Å². The zero-order valence-electron chi connectivity index (χ0n) is 19.1. The quantitative estimate of drug-likeness (QED) is 0.529. The maximum absolute atomic E-state index is 13.7. The minimum atomic E-state index is 0.0330. The molecule has 0 bridgehead atoms. The average Bonchev–Trinajstić information content (AvgIpc) is 3.26. The fourth-order valence-electron chi connectivity index (χ4n) is 4.07. The molecule has 6 heteroatoms. The molecule has 0 spiro atoms. The van der Waals surface area contributed by atoms with Crippen molar-refractivity contribution in [2.24, 2.45) is 0 Å². The normalized spacial score (nSPS) is 14.9. The molecule has 0 aliphatic carbocycles. The lowest BCUT2D eigenvalue weighted by Gasteiger charge is -2.31. The first-order valence-corrected chi connectivity index (χ1v) is 11.3. The number of hydrogen-bond donors (Lipinski definition) is 0. The van der Waals surface area contributed by atoms with Crippen molar-refractivity contribution < 1.29 is 14.1 Å². The van der Waals surface area contributed by atoms with Crippen molar-refractivity contribution in [1.29, 1.82) is 0 Å². The van der Waals surface area contributed by atoms with Crippen molar-refractivity contribution in [1.82, 2.24) is 10.1 Å². The molecule has 0 saturated carbocycles. The van der Waals surface area contributed by atoms with Crippen LogP contribution < -0.4 is 4.90 Å². The Labute approximate surface area is 189 Å². The average molecular weight is 434 g/mol. The number of anilines is 1. The summed E-state index contributed by atoms with van der Waals surface area (Å²) in [7, 11) is 0. The second-order valence-corrected chi connectivity index (χ2v) is 8.29. The lowest BCUT2D eigenvalue weighted by atomic mass is 10.0. The van der Waals surface area contributed by atoms with Gasteiger partial charge in [0.05, 0.1) is 25.3 Å². The topological polar surface area (TPSA) is 58.8 Å². The number of nitrogens with zero attached hydrogens (tertiary/aromatic N) is 3. The third kappa shape index (κ3) is 4.55. The Morgan fingerprint density at radius 1 is 1.09 bits per heavy atom. The summed E-state index contributed by atoms with van der Waals surface area (Å²) in [6.45, 7) is 9.41. The van der Waals surface area contributed by atoms with E-state index < -0.39 is 0 Å². The predicted molar refractivity (Wildman–Crippen MR) is 126 cm³/mol. The number of ether oxygens (including phenoxy) is 1. The van der Waals surface area contributed by atoms with E-state index in [1.807, 2.05) is 66.4 Å². The molecule has 1 fully saturated rings. The molecule has 2 heterocycles. The van der Waals surface area contributed by atoms with Gasteiger partial charge in [-0.1, -0.05) is 60.6 Å². The number of aryl methyl sites for hydroxylation is 1. The Hall–Kier alpha value is -3.12. The largest absolute Gasteiger partial charge is 0.378 e. The highest BCUT2D eigenvalue weighted by Gasteiger charge is 2.29. The molecular formula is C26H31N3O3. The molecule has 1 aliphatic rings. The lowest BCUT2D eigenvalue weighted by Crippen LogP contribution is -2.40. The molecule has 1 saturated heterocycles. The fourth-order valence-corrected chi connectivity index (χ4v) is 4.07. The molecule has 1 aromatic heterocycles. The highest BCUT2D eigenvalue weighted by Crippen LogP contribution is 2.34. The summed E-state index contributed by atoms with van der Waals surface area (Å²) < 4.78 is 11.4. The summed E-state index contributed by atoms with van der Waals surface area (Å²) >= 11 is 0. The first-order chi connectivity index (χ1) is 15.6. The zero-order valence-corrected chi connectivity index (χ0v) is 19.1. The summed E-state index contributed by atoms with van der Waals surface area (Å²) in [6, 6.07) is 17.9. The van der Waals surface area contributed by atoms with Crippen LogP contribution in [-0.2, 0) is 11.3 Å². The molecule has 1 aliphatic heterocycles. The zero-order chi connectivity index (χ0) is 22.5. The van der Waals surface area contributed by atoms with Gasteiger partial charge in [0.1, 0.15) is 5.69 Å². The number of carbonyl (C=O) groups is 1. The number of carbonyl (C=O) groups excluding carboxylic acids is 1. The van der Waals surface area contributed by atoms with Crippen LogP contribution in [0.15, 0.2) is 59.1 Å². The lowest BCUT2D eigenvalue weighted by molar-refractivity contribution is 0.0670. The molecule has 0 unspecified atom stereocenters. The predicted octanol–water partition coefficient (Wildman–Crippen LogP) is 4.93. The van der Waals surface area contributed by atoms with Gasteiger partial charge in [-0.3, -0.25) is 4.79 Å². The highest BCUT2D eigenvalue weighted by molar-refractivity contribution is 5.96. The first kappa shape index (κ1) is 22.1. The Bertz CT molecular complexity index is 1040. The summed E-state index contributed by atoms with van der Waals surface area (Å²) in [4.78, 5) is 17.8. The van der Waals surface area contributed by atoms with Crippen LogP contribution in [0.2, 0.25) is 0 Å². The van der Waals surface area contributed by atoms with E-state index in [2.05, 4.69) is 23.9 Å². The monoisotopic (exact) mass is 433 g/mol. The summed E-state index contributed by atoms with van der Waals surface area (Å²) in [5.74, 6) is 0.767. The third-order valence-corrected chi connectivity index (χ3v) is 6.20. The van der Waals surface area contributed by atoms with Gasteiger partial charge < -0.3 is 19.1 Å². The number of amides is 1. The highest BCUT2D eigenvalue weighted by atomic mass is 16.5. The maximum atomic E-state index is 13.7. The van der Waals surface area contributed by atoms with Gasteiger partial charge in [0.15, 0.2) is 0 Å². The van der Waals surface area contributed by atoms with E-state index in [0.717, 1.165) is 53.3 Å². The van der Waals surface area contributed by atoms with Gasteiger partial charge in [-0.05, 0) is 31.9 Å². The molecule has 1 amide bonds. The van der Waals surface area contributed by atoms with Crippen molar-refractivity contribution >= 4 is 11.8 Å². The number of morpholine rings is 1.